The van der Waals surface area contributed by atoms with E-state index >= 15 is 0 Å². The molecule has 16 heavy (non-hydrogen) atoms. The molecule has 0 saturated heterocycles. The lowest BCUT2D eigenvalue weighted by molar-refractivity contribution is 0.103. The molecule has 2 atom stereocenters. The molecule has 1 aliphatic rings. The quantitative estimate of drug-likeness (QED) is 0.631. The lowest BCUT2D eigenvalue weighted by atomic mass is 10.2. The molecule has 0 bridgehead atoms. The van der Waals surface area contributed by atoms with E-state index < -0.39 is 0 Å². The molecule has 1 fully saturated rings. The van der Waals surface area contributed by atoms with E-state index in [1.54, 1.807) is 7.11 Å². The lowest BCUT2D eigenvalue weighted by Crippen LogP contribution is -2.36. The predicted octanol–water partition coefficient (Wildman–Crippen LogP) is 1.91. The van der Waals surface area contributed by atoms with Crippen molar-refractivity contribution in [2.75, 3.05) is 39.7 Å². The van der Waals surface area contributed by atoms with Crippen molar-refractivity contribution in [2.24, 2.45) is 0 Å². The van der Waals surface area contributed by atoms with E-state index in [0.29, 0.717) is 6.04 Å². The van der Waals surface area contributed by atoms with Gasteiger partial charge in [0.2, 0.25) is 0 Å². The molecule has 96 valence electrons. The van der Waals surface area contributed by atoms with E-state index in [1.807, 2.05) is 11.8 Å². The first kappa shape index (κ1) is 14.3. The predicted molar refractivity (Wildman–Crippen MR) is 70.3 cm³/mol. The average molecular weight is 247 g/mol. The minimum absolute atomic E-state index is 0.706. The first-order chi connectivity index (χ1) is 7.88. The second-order valence-corrected chi connectivity index (χ2v) is 5.30. The van der Waals surface area contributed by atoms with Crippen LogP contribution in [-0.4, -0.2) is 51.0 Å². The van der Waals surface area contributed by atoms with Crippen molar-refractivity contribution < 1.29 is 9.47 Å². The van der Waals surface area contributed by atoms with Gasteiger partial charge in [0, 0.05) is 38.2 Å². The molecule has 0 aromatic carbocycles. The number of nitrogens with one attached hydrogen (secondary N) is 1. The standard InChI is InChI=1S/C12H25NO2S/c1-14-8-4-9-15-10-7-13-11-5-3-6-12(11)16-2/h11-13H,3-10H2,1-2H3. The molecule has 1 rings (SSSR count). The zero-order chi connectivity index (χ0) is 11.6. The highest BCUT2D eigenvalue weighted by Gasteiger charge is 2.25. The number of hydrogen-bond acceptors (Lipinski definition) is 4. The first-order valence-corrected chi connectivity index (χ1v) is 7.50. The molecule has 1 N–H and O–H groups in total. The fourth-order valence-electron chi connectivity index (χ4n) is 2.17. The van der Waals surface area contributed by atoms with Gasteiger partial charge in [-0.25, -0.2) is 0 Å². The molecule has 0 aromatic rings. The molecule has 0 aliphatic heterocycles. The van der Waals surface area contributed by atoms with Crippen LogP contribution in [0.2, 0.25) is 0 Å². The summed E-state index contributed by atoms with van der Waals surface area (Å²) in [5, 5.41) is 4.41. The Bertz CT molecular complexity index is 169. The summed E-state index contributed by atoms with van der Waals surface area (Å²) in [6.45, 7) is 3.41. The zero-order valence-electron chi connectivity index (χ0n) is 10.5. The summed E-state index contributed by atoms with van der Waals surface area (Å²) >= 11 is 2.00. The summed E-state index contributed by atoms with van der Waals surface area (Å²) in [5.74, 6) is 0. The Morgan fingerprint density at radius 1 is 1.25 bits per heavy atom. The fourth-order valence-corrected chi connectivity index (χ4v) is 3.13. The van der Waals surface area contributed by atoms with Crippen LogP contribution in [0.15, 0.2) is 0 Å². The van der Waals surface area contributed by atoms with Crippen LogP contribution in [0.25, 0.3) is 0 Å². The highest BCUT2D eigenvalue weighted by molar-refractivity contribution is 7.99. The Morgan fingerprint density at radius 2 is 2.12 bits per heavy atom. The van der Waals surface area contributed by atoms with Crippen LogP contribution in [0.4, 0.5) is 0 Å². The maximum Gasteiger partial charge on any atom is 0.0591 e. The van der Waals surface area contributed by atoms with E-state index in [9.17, 15) is 0 Å². The molecule has 1 aliphatic carbocycles. The van der Waals surface area contributed by atoms with Gasteiger partial charge >= 0.3 is 0 Å². The van der Waals surface area contributed by atoms with Gasteiger partial charge in [0.05, 0.1) is 6.61 Å². The van der Waals surface area contributed by atoms with Crippen molar-refractivity contribution in [1.29, 1.82) is 0 Å². The van der Waals surface area contributed by atoms with E-state index in [1.165, 1.54) is 19.3 Å². The van der Waals surface area contributed by atoms with E-state index in [0.717, 1.165) is 38.0 Å². The Hall–Kier alpha value is 0.230. The second-order valence-electron chi connectivity index (χ2n) is 4.22. The average Bonchev–Trinajstić information content (AvgIpc) is 2.75. The molecule has 0 spiro atoms. The number of methoxy groups -OCH3 is 1. The van der Waals surface area contributed by atoms with Crippen LogP contribution in [0, 0.1) is 0 Å². The Balaban J connectivity index is 1.90. The van der Waals surface area contributed by atoms with Gasteiger partial charge in [-0.1, -0.05) is 6.42 Å². The molecule has 4 heteroatoms. The third-order valence-electron chi connectivity index (χ3n) is 3.05. The van der Waals surface area contributed by atoms with Crippen molar-refractivity contribution in [3.8, 4) is 0 Å². The van der Waals surface area contributed by atoms with Crippen molar-refractivity contribution in [3.05, 3.63) is 0 Å². The van der Waals surface area contributed by atoms with Gasteiger partial charge in [0.1, 0.15) is 0 Å². The third-order valence-corrected chi connectivity index (χ3v) is 4.22. The van der Waals surface area contributed by atoms with Crippen LogP contribution < -0.4 is 5.32 Å². The van der Waals surface area contributed by atoms with Gasteiger partial charge in [-0.05, 0) is 25.5 Å². The van der Waals surface area contributed by atoms with E-state index in [2.05, 4.69) is 11.6 Å². The molecule has 0 radical (unpaired) electrons. The fraction of sp³-hybridized carbons (Fsp3) is 1.00. The smallest absolute Gasteiger partial charge is 0.0591 e. The SMILES string of the molecule is COCCCOCCNC1CCCC1SC. The van der Waals surface area contributed by atoms with Crippen molar-refractivity contribution in [2.45, 2.75) is 37.0 Å². The van der Waals surface area contributed by atoms with Crippen LogP contribution in [0.5, 0.6) is 0 Å². The first-order valence-electron chi connectivity index (χ1n) is 6.21. The molecule has 3 nitrogen and oxygen atoms in total. The van der Waals surface area contributed by atoms with E-state index in [-0.39, 0.29) is 0 Å². The molecular weight excluding hydrogens is 222 g/mol. The molecular formula is C12H25NO2S. The van der Waals surface area contributed by atoms with E-state index in [4.69, 9.17) is 9.47 Å². The van der Waals surface area contributed by atoms with Gasteiger partial charge in [-0.3, -0.25) is 0 Å². The molecule has 0 heterocycles. The number of hydrogen-bond donors (Lipinski definition) is 1. The highest BCUT2D eigenvalue weighted by Crippen LogP contribution is 2.28. The summed E-state index contributed by atoms with van der Waals surface area (Å²) < 4.78 is 10.5. The summed E-state index contributed by atoms with van der Waals surface area (Å²) in [7, 11) is 1.73. The van der Waals surface area contributed by atoms with Gasteiger partial charge in [0.25, 0.3) is 0 Å². The largest absolute Gasteiger partial charge is 0.385 e. The molecule has 0 aromatic heterocycles. The maximum atomic E-state index is 5.52. The third kappa shape index (κ3) is 5.53. The van der Waals surface area contributed by atoms with Gasteiger partial charge in [-0.15, -0.1) is 0 Å². The number of rotatable bonds is 9. The summed E-state index contributed by atoms with van der Waals surface area (Å²) in [6.07, 6.45) is 7.28. The molecule has 1 saturated carbocycles. The Morgan fingerprint density at radius 3 is 2.88 bits per heavy atom. The topological polar surface area (TPSA) is 30.5 Å². The van der Waals surface area contributed by atoms with Crippen LogP contribution in [0.1, 0.15) is 25.7 Å². The van der Waals surface area contributed by atoms with Crippen LogP contribution in [-0.2, 0) is 9.47 Å². The lowest BCUT2D eigenvalue weighted by Gasteiger charge is -2.19. The summed E-state index contributed by atoms with van der Waals surface area (Å²) in [4.78, 5) is 0. The van der Waals surface area contributed by atoms with Crippen molar-refractivity contribution >= 4 is 11.8 Å². The minimum Gasteiger partial charge on any atom is -0.385 e. The summed E-state index contributed by atoms with van der Waals surface area (Å²) in [6, 6.07) is 0.706. The normalized spacial score (nSPS) is 25.1. The van der Waals surface area contributed by atoms with Gasteiger partial charge in [-0.2, -0.15) is 11.8 Å². The zero-order valence-corrected chi connectivity index (χ0v) is 11.4. The Kier molecular flexibility index (Phi) is 8.29. The van der Waals surface area contributed by atoms with Gasteiger partial charge < -0.3 is 14.8 Å². The molecule has 2 unspecified atom stereocenters. The second kappa shape index (κ2) is 9.28. The number of thioether (sulfide) groups is 1. The van der Waals surface area contributed by atoms with Crippen LogP contribution >= 0.6 is 11.8 Å². The maximum absolute atomic E-state index is 5.52. The van der Waals surface area contributed by atoms with Crippen molar-refractivity contribution in [1.82, 2.24) is 5.32 Å². The molecule has 0 amide bonds. The van der Waals surface area contributed by atoms with Crippen molar-refractivity contribution in [3.63, 3.8) is 0 Å². The Labute approximate surface area is 104 Å². The monoisotopic (exact) mass is 247 g/mol. The van der Waals surface area contributed by atoms with Crippen LogP contribution in [0.3, 0.4) is 0 Å². The van der Waals surface area contributed by atoms with Gasteiger partial charge in [0.15, 0.2) is 0 Å². The minimum atomic E-state index is 0.706. The summed E-state index contributed by atoms with van der Waals surface area (Å²) in [5.41, 5.74) is 0. The highest BCUT2D eigenvalue weighted by atomic mass is 32.2. The number of ether oxygens (including phenoxy) is 2.